The molecule has 0 atom stereocenters. The van der Waals surface area contributed by atoms with Gasteiger partial charge in [-0.1, -0.05) is 54.1 Å². The van der Waals surface area contributed by atoms with E-state index in [2.05, 4.69) is 32.7 Å². The first-order valence-corrected chi connectivity index (χ1v) is 9.64. The molecule has 28 heavy (non-hydrogen) atoms. The minimum absolute atomic E-state index is 0.203. The molecule has 2 aromatic carbocycles. The number of carbonyl (C=O) groups excluding carboxylic acids is 1. The zero-order valence-corrected chi connectivity index (χ0v) is 16.5. The van der Waals surface area contributed by atoms with Crippen LogP contribution in [0.5, 0.6) is 0 Å². The van der Waals surface area contributed by atoms with E-state index < -0.39 is 0 Å². The highest BCUT2D eigenvalue weighted by atomic mass is 35.5. The van der Waals surface area contributed by atoms with Gasteiger partial charge >= 0.3 is 0 Å². The molecule has 1 amide bonds. The van der Waals surface area contributed by atoms with Crippen molar-refractivity contribution >= 4 is 23.3 Å². The molecule has 0 radical (unpaired) electrons. The number of rotatable bonds is 8. The summed E-state index contributed by atoms with van der Waals surface area (Å²) in [6, 6.07) is 19.5. The Morgan fingerprint density at radius 3 is 2.36 bits per heavy atom. The van der Waals surface area contributed by atoms with Crippen LogP contribution in [-0.2, 0) is 12.8 Å². The van der Waals surface area contributed by atoms with Gasteiger partial charge in [-0.25, -0.2) is 9.97 Å². The molecular weight excluding hydrogens is 372 g/mol. The van der Waals surface area contributed by atoms with Gasteiger partial charge in [0.2, 0.25) is 0 Å². The van der Waals surface area contributed by atoms with Gasteiger partial charge in [0, 0.05) is 24.2 Å². The monoisotopic (exact) mass is 394 g/mol. The van der Waals surface area contributed by atoms with E-state index in [-0.39, 0.29) is 5.91 Å². The van der Waals surface area contributed by atoms with Crippen molar-refractivity contribution in [3.05, 3.63) is 88.3 Å². The van der Waals surface area contributed by atoms with Gasteiger partial charge in [0.15, 0.2) is 0 Å². The van der Waals surface area contributed by atoms with E-state index in [0.717, 1.165) is 24.9 Å². The van der Waals surface area contributed by atoms with E-state index in [4.69, 9.17) is 11.6 Å². The average molecular weight is 395 g/mol. The molecular formula is C22H23ClN4O. The zero-order chi connectivity index (χ0) is 19.8. The Kier molecular flexibility index (Phi) is 6.98. The first-order valence-electron chi connectivity index (χ1n) is 9.26. The smallest absolute Gasteiger partial charge is 0.270 e. The molecule has 1 heterocycles. The first kappa shape index (κ1) is 19.8. The van der Waals surface area contributed by atoms with Crippen LogP contribution in [0.4, 0.5) is 5.82 Å². The average Bonchev–Trinajstić information content (AvgIpc) is 2.70. The summed E-state index contributed by atoms with van der Waals surface area (Å²) in [5.41, 5.74) is 2.73. The maximum atomic E-state index is 12.4. The van der Waals surface area contributed by atoms with E-state index >= 15 is 0 Å². The number of aryl methyl sites for hydroxylation is 1. The topological polar surface area (TPSA) is 66.9 Å². The second-order valence-corrected chi connectivity index (χ2v) is 6.92. The second-order valence-electron chi connectivity index (χ2n) is 6.48. The molecule has 6 heteroatoms. The number of hydrogen-bond acceptors (Lipinski definition) is 4. The summed E-state index contributed by atoms with van der Waals surface area (Å²) >= 11 is 5.89. The Morgan fingerprint density at radius 1 is 0.929 bits per heavy atom. The Hall–Kier alpha value is -2.92. The first-order chi connectivity index (χ1) is 13.6. The Morgan fingerprint density at radius 2 is 1.61 bits per heavy atom. The third-order valence-electron chi connectivity index (χ3n) is 4.25. The van der Waals surface area contributed by atoms with Crippen LogP contribution in [0.1, 0.15) is 27.4 Å². The van der Waals surface area contributed by atoms with Crippen LogP contribution in [-0.4, -0.2) is 29.0 Å². The number of aromatic nitrogens is 2. The van der Waals surface area contributed by atoms with Crippen LogP contribution in [0.25, 0.3) is 0 Å². The van der Waals surface area contributed by atoms with Gasteiger partial charge in [0.05, 0.1) is 0 Å². The molecule has 0 aliphatic rings. The third kappa shape index (κ3) is 6.06. The van der Waals surface area contributed by atoms with Gasteiger partial charge < -0.3 is 10.6 Å². The van der Waals surface area contributed by atoms with E-state index in [1.807, 2.05) is 42.5 Å². The second kappa shape index (κ2) is 9.85. The van der Waals surface area contributed by atoms with Crippen LogP contribution in [0.15, 0.2) is 60.7 Å². The molecule has 0 saturated heterocycles. The van der Waals surface area contributed by atoms with Gasteiger partial charge in [-0.05, 0) is 43.0 Å². The van der Waals surface area contributed by atoms with Crippen LogP contribution >= 0.6 is 11.6 Å². The molecule has 0 saturated carbocycles. The number of hydrogen-bond donors (Lipinski definition) is 2. The summed E-state index contributed by atoms with van der Waals surface area (Å²) < 4.78 is 0. The molecule has 0 aliphatic carbocycles. The highest BCUT2D eigenvalue weighted by molar-refractivity contribution is 6.30. The summed E-state index contributed by atoms with van der Waals surface area (Å²) in [6.45, 7) is 3.05. The normalized spacial score (nSPS) is 10.5. The van der Waals surface area contributed by atoms with Gasteiger partial charge in [0.1, 0.15) is 17.3 Å². The number of amides is 1. The summed E-state index contributed by atoms with van der Waals surface area (Å²) in [5.74, 6) is 1.02. The van der Waals surface area contributed by atoms with Crippen molar-refractivity contribution in [1.29, 1.82) is 0 Å². The molecule has 0 unspecified atom stereocenters. The molecule has 5 nitrogen and oxygen atoms in total. The number of halogens is 1. The van der Waals surface area contributed by atoms with Crippen molar-refractivity contribution in [2.45, 2.75) is 19.8 Å². The van der Waals surface area contributed by atoms with Crippen LogP contribution < -0.4 is 10.6 Å². The fourth-order valence-corrected chi connectivity index (χ4v) is 2.94. The molecule has 0 bridgehead atoms. The van der Waals surface area contributed by atoms with Gasteiger partial charge in [-0.3, -0.25) is 4.79 Å². The number of nitrogens with zero attached hydrogens (tertiary/aromatic N) is 2. The maximum Gasteiger partial charge on any atom is 0.270 e. The molecule has 144 valence electrons. The predicted octanol–water partition coefficient (Wildman–Crippen LogP) is 4.07. The minimum atomic E-state index is -0.203. The zero-order valence-electron chi connectivity index (χ0n) is 15.8. The lowest BCUT2D eigenvalue weighted by Crippen LogP contribution is -2.27. The summed E-state index contributed by atoms with van der Waals surface area (Å²) in [6.07, 6.45) is 1.61. The van der Waals surface area contributed by atoms with Gasteiger partial charge in [-0.15, -0.1) is 0 Å². The number of anilines is 1. The van der Waals surface area contributed by atoms with Crippen LogP contribution in [0, 0.1) is 6.92 Å². The standard InChI is InChI=1S/C22H23ClN4O/c1-16-26-20(22(28)25-14-12-18-7-9-19(23)10-8-18)15-21(27-16)24-13-11-17-5-3-2-4-6-17/h2-10,15H,11-14H2,1H3,(H,25,28)(H,24,26,27). The van der Waals surface area contributed by atoms with Crippen molar-refractivity contribution in [2.75, 3.05) is 18.4 Å². The lowest BCUT2D eigenvalue weighted by atomic mass is 10.1. The number of carbonyl (C=O) groups is 1. The molecule has 0 aliphatic heterocycles. The molecule has 2 N–H and O–H groups in total. The van der Waals surface area contributed by atoms with Crippen LogP contribution in [0.2, 0.25) is 5.02 Å². The van der Waals surface area contributed by atoms with Crippen LogP contribution in [0.3, 0.4) is 0 Å². The van der Waals surface area contributed by atoms with Crippen molar-refractivity contribution in [1.82, 2.24) is 15.3 Å². The Bertz CT molecular complexity index is 914. The van der Waals surface area contributed by atoms with E-state index in [1.54, 1.807) is 13.0 Å². The van der Waals surface area contributed by atoms with Crippen molar-refractivity contribution in [3.8, 4) is 0 Å². The predicted molar refractivity (Wildman–Crippen MR) is 113 cm³/mol. The molecule has 0 fully saturated rings. The highest BCUT2D eigenvalue weighted by Crippen LogP contribution is 2.10. The lowest BCUT2D eigenvalue weighted by molar-refractivity contribution is 0.0949. The summed E-state index contributed by atoms with van der Waals surface area (Å²) in [7, 11) is 0. The quantitative estimate of drug-likeness (QED) is 0.604. The van der Waals surface area contributed by atoms with Crippen molar-refractivity contribution < 1.29 is 4.79 Å². The Labute approximate surface area is 170 Å². The Balaban J connectivity index is 1.52. The van der Waals surface area contributed by atoms with E-state index in [9.17, 15) is 4.79 Å². The minimum Gasteiger partial charge on any atom is -0.370 e. The third-order valence-corrected chi connectivity index (χ3v) is 4.50. The molecule has 1 aromatic heterocycles. The molecule has 0 spiro atoms. The lowest BCUT2D eigenvalue weighted by Gasteiger charge is -2.09. The fraction of sp³-hybridized carbons (Fsp3) is 0.227. The highest BCUT2D eigenvalue weighted by Gasteiger charge is 2.10. The SMILES string of the molecule is Cc1nc(NCCc2ccccc2)cc(C(=O)NCCc2ccc(Cl)cc2)n1. The summed E-state index contributed by atoms with van der Waals surface area (Å²) in [5, 5.41) is 6.89. The maximum absolute atomic E-state index is 12.4. The van der Waals surface area contributed by atoms with Crippen molar-refractivity contribution in [2.24, 2.45) is 0 Å². The number of nitrogens with one attached hydrogen (secondary N) is 2. The summed E-state index contributed by atoms with van der Waals surface area (Å²) in [4.78, 5) is 21.1. The van der Waals surface area contributed by atoms with Gasteiger partial charge in [0.25, 0.3) is 5.91 Å². The molecule has 3 aromatic rings. The van der Waals surface area contributed by atoms with Crippen molar-refractivity contribution in [3.63, 3.8) is 0 Å². The largest absolute Gasteiger partial charge is 0.370 e. The number of benzene rings is 2. The van der Waals surface area contributed by atoms with E-state index in [1.165, 1.54) is 5.56 Å². The van der Waals surface area contributed by atoms with Gasteiger partial charge in [-0.2, -0.15) is 0 Å². The molecule has 3 rings (SSSR count). The van der Waals surface area contributed by atoms with E-state index in [0.29, 0.717) is 28.9 Å². The fourth-order valence-electron chi connectivity index (χ4n) is 2.82.